The number of nitrogens with zero attached hydrogens (tertiary/aromatic N) is 1. The second-order valence-electron chi connectivity index (χ2n) is 7.92. The summed E-state index contributed by atoms with van der Waals surface area (Å²) in [4.78, 5) is 0. The minimum Gasteiger partial charge on any atom is -0.486 e. The molecule has 2 aromatic carbocycles. The number of aliphatic hydroxyl groups is 1. The highest BCUT2D eigenvalue weighted by Gasteiger charge is 2.33. The molecule has 1 fully saturated rings. The number of benzene rings is 2. The number of aliphatic hydroxyl groups excluding tert-OH is 1. The van der Waals surface area contributed by atoms with Crippen LogP contribution < -0.4 is 9.47 Å². The van der Waals surface area contributed by atoms with Crippen molar-refractivity contribution in [1.29, 1.82) is 0 Å². The van der Waals surface area contributed by atoms with Crippen LogP contribution in [0.4, 0.5) is 0 Å². The van der Waals surface area contributed by atoms with Crippen molar-refractivity contribution in [3.05, 3.63) is 60.2 Å². The first-order chi connectivity index (χ1) is 14.2. The summed E-state index contributed by atoms with van der Waals surface area (Å²) in [5.74, 6) is 1.51. The Bertz CT molecular complexity index is 763. The van der Waals surface area contributed by atoms with Crippen LogP contribution in [0.3, 0.4) is 0 Å². The zero-order chi connectivity index (χ0) is 19.9. The lowest BCUT2D eigenvalue weighted by Gasteiger charge is -2.42. The number of quaternary nitrogens is 1. The van der Waals surface area contributed by atoms with E-state index in [2.05, 4.69) is 24.3 Å². The van der Waals surface area contributed by atoms with Crippen molar-refractivity contribution in [3.63, 3.8) is 0 Å². The van der Waals surface area contributed by atoms with E-state index < -0.39 is 6.10 Å². The maximum absolute atomic E-state index is 10.7. The number of rotatable bonds is 8. The first kappa shape index (κ1) is 20.2. The number of ether oxygens (including phenoxy) is 4. The smallest absolute Gasteiger partial charge is 0.161 e. The van der Waals surface area contributed by atoms with E-state index in [1.807, 2.05) is 30.3 Å². The van der Waals surface area contributed by atoms with Gasteiger partial charge in [0, 0.05) is 5.56 Å². The van der Waals surface area contributed by atoms with Gasteiger partial charge in [-0.05, 0) is 12.1 Å². The summed E-state index contributed by atoms with van der Waals surface area (Å²) in [7, 11) is 0. The lowest BCUT2D eigenvalue weighted by atomic mass is 10.1. The van der Waals surface area contributed by atoms with Crippen molar-refractivity contribution in [3.8, 4) is 11.5 Å². The molecular formula is C23H30NO5+. The Morgan fingerprint density at radius 1 is 1.00 bits per heavy atom. The normalized spacial score (nSPS) is 21.5. The molecule has 0 spiro atoms. The first-order valence-electron chi connectivity index (χ1n) is 10.3. The number of para-hydroxylation sites is 2. The standard InChI is InChI=1S/C23H30NO5/c25-20(16-27-17-21-18-28-22-8-4-5-9-23(22)29-21)15-24(10-12-26-13-11-24)14-19-6-2-1-3-7-19/h1-9,20-21,25H,10-18H2/q+1/t20-,21-/m0/s1. The first-order valence-corrected chi connectivity index (χ1v) is 10.3. The maximum atomic E-state index is 10.7. The van der Waals surface area contributed by atoms with Crippen LogP contribution in [-0.4, -0.2) is 74.5 Å². The van der Waals surface area contributed by atoms with E-state index in [-0.39, 0.29) is 12.7 Å². The van der Waals surface area contributed by atoms with Gasteiger partial charge in [0.1, 0.15) is 38.9 Å². The average molecular weight is 400 g/mol. The Morgan fingerprint density at radius 3 is 2.52 bits per heavy atom. The van der Waals surface area contributed by atoms with Gasteiger partial charge in [0.05, 0.1) is 26.4 Å². The summed E-state index contributed by atoms with van der Waals surface area (Å²) >= 11 is 0. The van der Waals surface area contributed by atoms with E-state index in [1.54, 1.807) is 0 Å². The molecule has 6 nitrogen and oxygen atoms in total. The van der Waals surface area contributed by atoms with Gasteiger partial charge in [0.15, 0.2) is 17.6 Å². The van der Waals surface area contributed by atoms with Crippen LogP contribution in [0.25, 0.3) is 0 Å². The van der Waals surface area contributed by atoms with Crippen molar-refractivity contribution in [2.45, 2.75) is 18.8 Å². The fourth-order valence-corrected chi connectivity index (χ4v) is 4.09. The van der Waals surface area contributed by atoms with Gasteiger partial charge in [0.2, 0.25) is 0 Å². The Kier molecular flexibility index (Phi) is 6.67. The lowest BCUT2D eigenvalue weighted by molar-refractivity contribution is -0.950. The van der Waals surface area contributed by atoms with Crippen LogP contribution in [0, 0.1) is 0 Å². The number of hydrogen-bond donors (Lipinski definition) is 1. The monoisotopic (exact) mass is 400 g/mol. The van der Waals surface area contributed by atoms with E-state index >= 15 is 0 Å². The topological polar surface area (TPSA) is 57.2 Å². The van der Waals surface area contributed by atoms with Gasteiger partial charge >= 0.3 is 0 Å². The van der Waals surface area contributed by atoms with Crippen LogP contribution in [0.1, 0.15) is 5.56 Å². The van der Waals surface area contributed by atoms with E-state index in [0.717, 1.165) is 48.8 Å². The molecule has 29 heavy (non-hydrogen) atoms. The zero-order valence-corrected chi connectivity index (χ0v) is 16.7. The Hall–Kier alpha value is -2.12. The van der Waals surface area contributed by atoms with E-state index in [9.17, 15) is 5.11 Å². The van der Waals surface area contributed by atoms with Crippen molar-refractivity contribution in [1.82, 2.24) is 0 Å². The van der Waals surface area contributed by atoms with Crippen molar-refractivity contribution < 1.29 is 28.5 Å². The average Bonchev–Trinajstić information content (AvgIpc) is 2.75. The molecule has 0 bridgehead atoms. The summed E-state index contributed by atoms with van der Waals surface area (Å²) < 4.78 is 23.8. The Labute approximate surface area is 172 Å². The number of fused-ring (bicyclic) bond motifs is 1. The molecule has 0 radical (unpaired) electrons. The molecule has 6 heteroatoms. The Balaban J connectivity index is 1.27. The summed E-state index contributed by atoms with van der Waals surface area (Å²) in [6, 6.07) is 18.1. The highest BCUT2D eigenvalue weighted by molar-refractivity contribution is 5.40. The highest BCUT2D eigenvalue weighted by atomic mass is 16.6. The van der Waals surface area contributed by atoms with Crippen LogP contribution in [0.2, 0.25) is 0 Å². The summed E-state index contributed by atoms with van der Waals surface area (Å²) in [5.41, 5.74) is 1.29. The van der Waals surface area contributed by atoms with Crippen LogP contribution >= 0.6 is 0 Å². The number of morpholine rings is 1. The van der Waals surface area contributed by atoms with Crippen LogP contribution in [0.15, 0.2) is 54.6 Å². The molecule has 0 aromatic heterocycles. The molecule has 2 atom stereocenters. The van der Waals surface area contributed by atoms with Gasteiger partial charge < -0.3 is 28.5 Å². The summed E-state index contributed by atoms with van der Waals surface area (Å²) in [5, 5.41) is 10.7. The fourth-order valence-electron chi connectivity index (χ4n) is 4.09. The van der Waals surface area contributed by atoms with Crippen molar-refractivity contribution in [2.24, 2.45) is 0 Å². The fraction of sp³-hybridized carbons (Fsp3) is 0.478. The molecule has 1 saturated heterocycles. The van der Waals surface area contributed by atoms with Gasteiger partial charge in [-0.15, -0.1) is 0 Å². The van der Waals surface area contributed by atoms with Gasteiger partial charge in [-0.3, -0.25) is 0 Å². The molecular weight excluding hydrogens is 370 g/mol. The summed E-state index contributed by atoms with van der Waals surface area (Å²) in [6.07, 6.45) is -0.693. The van der Waals surface area contributed by atoms with E-state index in [1.165, 1.54) is 5.56 Å². The second-order valence-corrected chi connectivity index (χ2v) is 7.92. The molecule has 156 valence electrons. The lowest BCUT2D eigenvalue weighted by Crippen LogP contribution is -2.58. The molecule has 4 rings (SSSR count). The van der Waals surface area contributed by atoms with Crippen molar-refractivity contribution in [2.75, 3.05) is 52.7 Å². The van der Waals surface area contributed by atoms with Gasteiger partial charge in [-0.25, -0.2) is 0 Å². The predicted octanol–water partition coefficient (Wildman–Crippen LogP) is 2.25. The highest BCUT2D eigenvalue weighted by Crippen LogP contribution is 2.30. The van der Waals surface area contributed by atoms with Crippen LogP contribution in [-0.2, 0) is 16.0 Å². The predicted molar refractivity (Wildman–Crippen MR) is 109 cm³/mol. The quantitative estimate of drug-likeness (QED) is 0.689. The third-order valence-electron chi connectivity index (χ3n) is 5.56. The SMILES string of the molecule is O[C@H](COC[C@H]1COc2ccccc2O1)C[N+]1(Cc2ccccc2)CCOCC1. The third kappa shape index (κ3) is 5.48. The molecule has 2 heterocycles. The van der Waals surface area contributed by atoms with Gasteiger partial charge in [0.25, 0.3) is 0 Å². The largest absolute Gasteiger partial charge is 0.486 e. The molecule has 1 N–H and O–H groups in total. The third-order valence-corrected chi connectivity index (χ3v) is 5.56. The molecule has 2 aromatic rings. The molecule has 0 unspecified atom stereocenters. The van der Waals surface area contributed by atoms with E-state index in [0.29, 0.717) is 19.8 Å². The number of hydrogen-bond acceptors (Lipinski definition) is 5. The second kappa shape index (κ2) is 9.59. The minimum atomic E-state index is -0.534. The zero-order valence-electron chi connectivity index (χ0n) is 16.7. The minimum absolute atomic E-state index is 0.159. The molecule has 0 amide bonds. The Morgan fingerprint density at radius 2 is 1.72 bits per heavy atom. The molecule has 2 aliphatic heterocycles. The molecule has 0 saturated carbocycles. The van der Waals surface area contributed by atoms with Gasteiger partial charge in [-0.1, -0.05) is 42.5 Å². The molecule has 0 aliphatic carbocycles. The van der Waals surface area contributed by atoms with E-state index in [4.69, 9.17) is 18.9 Å². The van der Waals surface area contributed by atoms with Crippen LogP contribution in [0.5, 0.6) is 11.5 Å². The summed E-state index contributed by atoms with van der Waals surface area (Å²) in [6.45, 7) is 5.97. The molecule has 2 aliphatic rings. The van der Waals surface area contributed by atoms with Crippen molar-refractivity contribution >= 4 is 0 Å². The van der Waals surface area contributed by atoms with Gasteiger partial charge in [-0.2, -0.15) is 0 Å². The maximum Gasteiger partial charge on any atom is 0.161 e.